The smallest absolute Gasteiger partial charge is 0.222 e. The van der Waals surface area contributed by atoms with Gasteiger partial charge in [0.05, 0.1) is 0 Å². The average Bonchev–Trinajstić information content (AvgIpc) is 2.69. The highest BCUT2D eigenvalue weighted by Crippen LogP contribution is 2.21. The summed E-state index contributed by atoms with van der Waals surface area (Å²) in [7, 11) is 0. The molecule has 26 heavy (non-hydrogen) atoms. The largest absolute Gasteiger partial charge is 0.385 e. The van der Waals surface area contributed by atoms with E-state index in [2.05, 4.69) is 39.8 Å². The zero-order valence-electron chi connectivity index (χ0n) is 15.0. The Morgan fingerprint density at radius 3 is 2.46 bits per heavy atom. The molecule has 0 radical (unpaired) electrons. The van der Waals surface area contributed by atoms with Crippen LogP contribution < -0.4 is 15.5 Å². The molecule has 1 heterocycles. The van der Waals surface area contributed by atoms with Crippen molar-refractivity contribution < 1.29 is 9.18 Å². The van der Waals surface area contributed by atoms with Gasteiger partial charge < -0.3 is 15.5 Å². The number of hydrogen-bond acceptors (Lipinski definition) is 3. The molecule has 2 aromatic rings. The number of rotatable bonds is 7. The van der Waals surface area contributed by atoms with Crippen molar-refractivity contribution in [2.45, 2.75) is 32.2 Å². The molecule has 3 rings (SSSR count). The number of amides is 1. The van der Waals surface area contributed by atoms with Gasteiger partial charge >= 0.3 is 0 Å². The molecular weight excluding hydrogens is 329 g/mol. The van der Waals surface area contributed by atoms with Crippen LogP contribution in [0.2, 0.25) is 0 Å². The molecule has 1 fully saturated rings. The highest BCUT2D eigenvalue weighted by molar-refractivity contribution is 5.76. The fraction of sp³-hybridized carbons (Fsp3) is 0.381. The number of nitrogens with zero attached hydrogens (tertiary/aromatic N) is 1. The number of piperidine rings is 1. The molecule has 4 nitrogen and oxygen atoms in total. The second-order valence-corrected chi connectivity index (χ2v) is 6.64. The van der Waals surface area contributed by atoms with E-state index in [1.165, 1.54) is 31.0 Å². The van der Waals surface area contributed by atoms with Gasteiger partial charge in [0.1, 0.15) is 5.82 Å². The van der Waals surface area contributed by atoms with E-state index >= 15 is 0 Å². The normalized spacial score (nSPS) is 14.1. The fourth-order valence-electron chi connectivity index (χ4n) is 3.19. The molecule has 1 aliphatic rings. The van der Waals surface area contributed by atoms with Gasteiger partial charge in [-0.1, -0.05) is 18.2 Å². The van der Waals surface area contributed by atoms with E-state index in [1.807, 2.05) is 0 Å². The lowest BCUT2D eigenvalue weighted by Gasteiger charge is -2.28. The van der Waals surface area contributed by atoms with Gasteiger partial charge in [0, 0.05) is 49.5 Å². The lowest BCUT2D eigenvalue weighted by molar-refractivity contribution is -0.121. The van der Waals surface area contributed by atoms with Gasteiger partial charge in [0.25, 0.3) is 0 Å². The van der Waals surface area contributed by atoms with Crippen LogP contribution in [0.1, 0.15) is 31.2 Å². The lowest BCUT2D eigenvalue weighted by atomic mass is 10.1. The quantitative estimate of drug-likeness (QED) is 0.791. The van der Waals surface area contributed by atoms with Gasteiger partial charge in [-0.3, -0.25) is 4.79 Å². The van der Waals surface area contributed by atoms with Gasteiger partial charge in [-0.05, 0) is 49.6 Å². The molecule has 0 atom stereocenters. The summed E-state index contributed by atoms with van der Waals surface area (Å²) in [6, 6.07) is 14.9. The SMILES string of the molecule is O=C(CCNc1ccc(N2CCCCC2)cc1)NCc1ccccc1F. The number of halogens is 1. The summed E-state index contributed by atoms with van der Waals surface area (Å²) in [4.78, 5) is 14.3. The van der Waals surface area contributed by atoms with Crippen LogP contribution in [0.25, 0.3) is 0 Å². The van der Waals surface area contributed by atoms with Gasteiger partial charge in [-0.25, -0.2) is 4.39 Å². The van der Waals surface area contributed by atoms with E-state index in [0.717, 1.165) is 18.8 Å². The van der Waals surface area contributed by atoms with Crippen LogP contribution in [0.5, 0.6) is 0 Å². The molecule has 1 aliphatic heterocycles. The van der Waals surface area contributed by atoms with Crippen molar-refractivity contribution in [3.8, 4) is 0 Å². The molecule has 0 bridgehead atoms. The Morgan fingerprint density at radius 1 is 1.00 bits per heavy atom. The molecule has 0 aliphatic carbocycles. The van der Waals surface area contributed by atoms with Crippen molar-refractivity contribution in [3.05, 3.63) is 59.9 Å². The molecule has 0 saturated carbocycles. The van der Waals surface area contributed by atoms with E-state index in [9.17, 15) is 9.18 Å². The van der Waals surface area contributed by atoms with Crippen LogP contribution in [0.3, 0.4) is 0 Å². The van der Waals surface area contributed by atoms with Gasteiger partial charge in [0.2, 0.25) is 5.91 Å². The minimum Gasteiger partial charge on any atom is -0.385 e. The van der Waals surface area contributed by atoms with Crippen molar-refractivity contribution in [1.82, 2.24) is 5.32 Å². The molecule has 0 unspecified atom stereocenters. The van der Waals surface area contributed by atoms with Crippen LogP contribution in [-0.4, -0.2) is 25.5 Å². The Hall–Kier alpha value is -2.56. The molecule has 1 saturated heterocycles. The summed E-state index contributed by atoms with van der Waals surface area (Å²) in [6.07, 6.45) is 4.21. The number of carbonyl (C=O) groups excluding carboxylic acids is 1. The fourth-order valence-corrected chi connectivity index (χ4v) is 3.19. The van der Waals surface area contributed by atoms with Crippen molar-refractivity contribution in [2.24, 2.45) is 0 Å². The minimum atomic E-state index is -0.292. The van der Waals surface area contributed by atoms with Crippen LogP contribution in [0, 0.1) is 5.82 Å². The summed E-state index contributed by atoms with van der Waals surface area (Å²) in [5, 5.41) is 6.01. The Balaban J connectivity index is 1.38. The first-order chi connectivity index (χ1) is 12.7. The van der Waals surface area contributed by atoms with Crippen molar-refractivity contribution in [3.63, 3.8) is 0 Å². The van der Waals surface area contributed by atoms with Crippen molar-refractivity contribution in [1.29, 1.82) is 0 Å². The second kappa shape index (κ2) is 9.22. The molecule has 5 heteroatoms. The van der Waals surface area contributed by atoms with Crippen LogP contribution in [0.4, 0.5) is 15.8 Å². The van der Waals surface area contributed by atoms with Gasteiger partial charge in [0.15, 0.2) is 0 Å². The first kappa shape index (κ1) is 18.2. The second-order valence-electron chi connectivity index (χ2n) is 6.64. The number of hydrogen-bond donors (Lipinski definition) is 2. The zero-order chi connectivity index (χ0) is 18.2. The average molecular weight is 355 g/mol. The van der Waals surface area contributed by atoms with E-state index in [4.69, 9.17) is 0 Å². The van der Waals surface area contributed by atoms with Gasteiger partial charge in [-0.15, -0.1) is 0 Å². The number of carbonyl (C=O) groups is 1. The summed E-state index contributed by atoms with van der Waals surface area (Å²) in [6.45, 7) is 3.03. The van der Waals surface area contributed by atoms with Gasteiger partial charge in [-0.2, -0.15) is 0 Å². The molecule has 2 aromatic carbocycles. The molecule has 0 spiro atoms. The maximum atomic E-state index is 13.5. The third-order valence-electron chi connectivity index (χ3n) is 4.70. The standard InChI is InChI=1S/C21H26FN3O/c22-20-7-3-2-6-17(20)16-24-21(26)12-13-23-18-8-10-19(11-9-18)25-14-4-1-5-15-25/h2-3,6-11,23H,1,4-5,12-16H2,(H,24,26). The lowest BCUT2D eigenvalue weighted by Crippen LogP contribution is -2.29. The highest BCUT2D eigenvalue weighted by atomic mass is 19.1. The Morgan fingerprint density at radius 2 is 1.73 bits per heavy atom. The predicted octanol–water partition coefficient (Wildman–Crippen LogP) is 3.93. The Kier molecular flexibility index (Phi) is 6.47. The van der Waals surface area contributed by atoms with Crippen molar-refractivity contribution >= 4 is 17.3 Å². The van der Waals surface area contributed by atoms with E-state index in [1.54, 1.807) is 18.2 Å². The summed E-state index contributed by atoms with van der Waals surface area (Å²) in [5.41, 5.74) is 2.77. The monoisotopic (exact) mass is 355 g/mol. The number of anilines is 2. The van der Waals surface area contributed by atoms with Crippen LogP contribution >= 0.6 is 0 Å². The molecular formula is C21H26FN3O. The topological polar surface area (TPSA) is 44.4 Å². The maximum Gasteiger partial charge on any atom is 0.222 e. The van der Waals surface area contributed by atoms with E-state index < -0.39 is 0 Å². The molecule has 0 aromatic heterocycles. The van der Waals surface area contributed by atoms with Crippen LogP contribution in [0.15, 0.2) is 48.5 Å². The van der Waals surface area contributed by atoms with E-state index in [-0.39, 0.29) is 18.3 Å². The maximum absolute atomic E-state index is 13.5. The molecule has 138 valence electrons. The Labute approximate surface area is 154 Å². The minimum absolute atomic E-state index is 0.0920. The first-order valence-corrected chi connectivity index (χ1v) is 9.31. The number of nitrogens with one attached hydrogen (secondary N) is 2. The molecule has 1 amide bonds. The zero-order valence-corrected chi connectivity index (χ0v) is 15.0. The van der Waals surface area contributed by atoms with Crippen LogP contribution in [-0.2, 0) is 11.3 Å². The van der Waals surface area contributed by atoms with E-state index in [0.29, 0.717) is 18.5 Å². The molecule has 2 N–H and O–H groups in total. The highest BCUT2D eigenvalue weighted by Gasteiger charge is 2.10. The third kappa shape index (κ3) is 5.22. The first-order valence-electron chi connectivity index (χ1n) is 9.31. The third-order valence-corrected chi connectivity index (χ3v) is 4.70. The summed E-state index contributed by atoms with van der Waals surface area (Å²) >= 11 is 0. The predicted molar refractivity (Wildman–Crippen MR) is 104 cm³/mol. The number of benzene rings is 2. The summed E-state index contributed by atoms with van der Waals surface area (Å²) < 4.78 is 13.5. The summed E-state index contributed by atoms with van der Waals surface area (Å²) in [5.74, 6) is -0.384. The Bertz CT molecular complexity index is 711. The van der Waals surface area contributed by atoms with Crippen molar-refractivity contribution in [2.75, 3.05) is 29.9 Å².